The van der Waals surface area contributed by atoms with Gasteiger partial charge in [0, 0.05) is 5.57 Å². The molecule has 1 unspecified atom stereocenters. The van der Waals surface area contributed by atoms with Crippen molar-refractivity contribution in [2.75, 3.05) is 5.01 Å². The van der Waals surface area contributed by atoms with Crippen molar-refractivity contribution in [2.45, 2.75) is 19.4 Å². The summed E-state index contributed by atoms with van der Waals surface area (Å²) >= 11 is 0. The van der Waals surface area contributed by atoms with E-state index in [0.717, 1.165) is 23.4 Å². The Kier molecular flexibility index (Phi) is 4.61. The molecule has 1 N–H and O–H groups in total. The van der Waals surface area contributed by atoms with Crippen LogP contribution in [-0.4, -0.2) is 16.3 Å². The van der Waals surface area contributed by atoms with Gasteiger partial charge < -0.3 is 5.11 Å². The van der Waals surface area contributed by atoms with Crippen molar-refractivity contribution in [1.82, 2.24) is 5.12 Å². The third-order valence-electron chi connectivity index (χ3n) is 3.92. The summed E-state index contributed by atoms with van der Waals surface area (Å²) < 4.78 is 0. The molecule has 0 aromatic heterocycles. The Balaban J connectivity index is 2.00. The monoisotopic (exact) mass is 320 g/mol. The Morgan fingerprint density at radius 3 is 2.29 bits per heavy atom. The summed E-state index contributed by atoms with van der Waals surface area (Å²) in [6.07, 6.45) is 2.44. The summed E-state index contributed by atoms with van der Waals surface area (Å²) in [5.74, 6) is 0.134. The van der Waals surface area contributed by atoms with E-state index in [-0.39, 0.29) is 11.9 Å². The van der Waals surface area contributed by atoms with Crippen molar-refractivity contribution in [1.29, 1.82) is 0 Å². The molecular formula is C19H20N4O. The lowest BCUT2D eigenvalue weighted by Crippen LogP contribution is -2.38. The van der Waals surface area contributed by atoms with Crippen LogP contribution in [0.5, 0.6) is 0 Å². The van der Waals surface area contributed by atoms with Gasteiger partial charge >= 0.3 is 0 Å². The fourth-order valence-electron chi connectivity index (χ4n) is 2.75. The number of hydrazine groups is 1. The maximum absolute atomic E-state index is 10.7. The van der Waals surface area contributed by atoms with Crippen LogP contribution in [0, 0.1) is 0 Å². The molecule has 5 nitrogen and oxygen atoms in total. The molecule has 122 valence electrons. The zero-order valence-electron chi connectivity index (χ0n) is 13.6. The first-order valence-electron chi connectivity index (χ1n) is 7.92. The topological polar surface area (TPSA) is 51.4 Å². The summed E-state index contributed by atoms with van der Waals surface area (Å²) in [6.45, 7) is 5.87. The molecule has 0 saturated carbocycles. The number of hydrogen-bond acceptors (Lipinski definition) is 4. The van der Waals surface area contributed by atoms with Gasteiger partial charge in [-0.3, -0.25) is 0 Å². The summed E-state index contributed by atoms with van der Waals surface area (Å²) in [7, 11) is 0. The summed E-state index contributed by atoms with van der Waals surface area (Å²) in [4.78, 5) is 0. The largest absolute Gasteiger partial charge is 0.493 e. The average Bonchev–Trinajstić information content (AvgIpc) is 2.92. The predicted octanol–water partition coefficient (Wildman–Crippen LogP) is 5.16. The Labute approximate surface area is 141 Å². The van der Waals surface area contributed by atoms with Gasteiger partial charge in [-0.2, -0.15) is 5.12 Å². The highest BCUT2D eigenvalue weighted by Gasteiger charge is 2.37. The van der Waals surface area contributed by atoms with E-state index in [4.69, 9.17) is 0 Å². The quantitative estimate of drug-likeness (QED) is 0.774. The average molecular weight is 320 g/mol. The van der Waals surface area contributed by atoms with Gasteiger partial charge in [0.15, 0.2) is 0 Å². The number of rotatable bonds is 5. The van der Waals surface area contributed by atoms with Gasteiger partial charge in [0.25, 0.3) is 0 Å². The molecule has 2 aromatic rings. The Bertz CT molecular complexity index is 755. The summed E-state index contributed by atoms with van der Waals surface area (Å²) in [6, 6.07) is 19.0. The maximum Gasteiger partial charge on any atom is 0.217 e. The Morgan fingerprint density at radius 2 is 1.71 bits per heavy atom. The zero-order valence-corrected chi connectivity index (χ0v) is 13.6. The lowest BCUT2D eigenvalue weighted by atomic mass is 10.1. The highest BCUT2D eigenvalue weighted by Crippen LogP contribution is 2.35. The number of hydrogen-bond donors (Lipinski definition) is 1. The molecule has 0 spiro atoms. The van der Waals surface area contributed by atoms with Gasteiger partial charge in [0.1, 0.15) is 6.04 Å². The van der Waals surface area contributed by atoms with Crippen molar-refractivity contribution < 1.29 is 5.11 Å². The minimum atomic E-state index is -0.116. The van der Waals surface area contributed by atoms with Crippen molar-refractivity contribution in [3.63, 3.8) is 0 Å². The van der Waals surface area contributed by atoms with Crippen LogP contribution in [0.1, 0.15) is 13.3 Å². The van der Waals surface area contributed by atoms with E-state index in [9.17, 15) is 5.11 Å². The normalized spacial score (nSPS) is 17.8. The molecule has 1 aliphatic rings. The summed E-state index contributed by atoms with van der Waals surface area (Å²) in [5.41, 5.74) is 2.32. The second-order valence-electron chi connectivity index (χ2n) is 5.40. The summed E-state index contributed by atoms with van der Waals surface area (Å²) in [5, 5.41) is 22.7. The SMILES string of the molecule is C=CC1=C(O)N(c2ccccc2)N(N=Nc2ccccc2)C1CC. The van der Waals surface area contributed by atoms with Crippen LogP contribution in [0.25, 0.3) is 0 Å². The Morgan fingerprint density at radius 1 is 1.08 bits per heavy atom. The molecule has 0 amide bonds. The number of benzene rings is 2. The number of aliphatic hydroxyl groups is 1. The van der Waals surface area contributed by atoms with E-state index in [2.05, 4.69) is 16.9 Å². The third-order valence-corrected chi connectivity index (χ3v) is 3.92. The van der Waals surface area contributed by atoms with Crippen molar-refractivity contribution >= 4 is 11.4 Å². The van der Waals surface area contributed by atoms with E-state index in [1.807, 2.05) is 67.6 Å². The number of aliphatic hydroxyl groups excluding tert-OH is 1. The van der Waals surface area contributed by atoms with E-state index < -0.39 is 0 Å². The van der Waals surface area contributed by atoms with Crippen LogP contribution < -0.4 is 5.01 Å². The van der Waals surface area contributed by atoms with Crippen molar-refractivity contribution in [3.8, 4) is 0 Å². The van der Waals surface area contributed by atoms with Crippen LogP contribution in [0.2, 0.25) is 0 Å². The zero-order chi connectivity index (χ0) is 16.9. The molecule has 0 aliphatic carbocycles. The fraction of sp³-hybridized carbons (Fsp3) is 0.158. The number of para-hydroxylation sites is 1. The van der Waals surface area contributed by atoms with Gasteiger partial charge in [-0.05, 0) is 35.9 Å². The maximum atomic E-state index is 10.7. The lowest BCUT2D eigenvalue weighted by Gasteiger charge is -2.29. The first-order chi connectivity index (χ1) is 11.8. The molecule has 5 heteroatoms. The van der Waals surface area contributed by atoms with E-state index in [1.165, 1.54) is 0 Å². The van der Waals surface area contributed by atoms with Crippen molar-refractivity contribution in [3.05, 3.63) is 84.8 Å². The number of anilines is 1. The van der Waals surface area contributed by atoms with Crippen LogP contribution in [0.15, 0.2) is 95.1 Å². The number of nitrogens with zero attached hydrogens (tertiary/aromatic N) is 4. The molecule has 3 rings (SSSR count). The second kappa shape index (κ2) is 7.00. The molecule has 0 radical (unpaired) electrons. The van der Waals surface area contributed by atoms with E-state index in [1.54, 1.807) is 16.2 Å². The molecular weight excluding hydrogens is 300 g/mol. The van der Waals surface area contributed by atoms with E-state index in [0.29, 0.717) is 0 Å². The second-order valence-corrected chi connectivity index (χ2v) is 5.40. The van der Waals surface area contributed by atoms with Crippen LogP contribution in [0.4, 0.5) is 11.4 Å². The Hall–Kier alpha value is -3.08. The fourth-order valence-corrected chi connectivity index (χ4v) is 2.75. The minimum Gasteiger partial charge on any atom is -0.493 e. The lowest BCUT2D eigenvalue weighted by molar-refractivity contribution is 0.211. The van der Waals surface area contributed by atoms with Gasteiger partial charge in [0.2, 0.25) is 5.88 Å². The molecule has 24 heavy (non-hydrogen) atoms. The van der Waals surface area contributed by atoms with Gasteiger partial charge in [-0.25, -0.2) is 5.01 Å². The highest BCUT2D eigenvalue weighted by molar-refractivity contribution is 5.54. The third kappa shape index (κ3) is 2.88. The van der Waals surface area contributed by atoms with E-state index >= 15 is 0 Å². The highest BCUT2D eigenvalue weighted by atomic mass is 16.3. The molecule has 1 atom stereocenters. The van der Waals surface area contributed by atoms with Crippen LogP contribution in [-0.2, 0) is 0 Å². The molecule has 2 aromatic carbocycles. The van der Waals surface area contributed by atoms with Crippen LogP contribution in [0.3, 0.4) is 0 Å². The molecule has 1 aliphatic heterocycles. The minimum absolute atomic E-state index is 0.116. The smallest absolute Gasteiger partial charge is 0.217 e. The molecule has 0 saturated heterocycles. The molecule has 0 bridgehead atoms. The first-order valence-corrected chi connectivity index (χ1v) is 7.92. The first kappa shape index (κ1) is 15.8. The van der Waals surface area contributed by atoms with Gasteiger partial charge in [-0.1, -0.05) is 56.0 Å². The van der Waals surface area contributed by atoms with Crippen molar-refractivity contribution in [2.24, 2.45) is 10.3 Å². The molecule has 1 heterocycles. The standard InChI is InChI=1S/C19H20N4O/c1-3-17-18(4-2)23(21-20-15-11-7-5-8-12-15)22(19(17)24)16-13-9-6-10-14-16/h3,5-14,18,24H,1,4H2,2H3. The van der Waals surface area contributed by atoms with Gasteiger partial charge in [-0.15, -0.1) is 5.11 Å². The predicted molar refractivity (Wildman–Crippen MR) is 95.6 cm³/mol. The van der Waals surface area contributed by atoms with Gasteiger partial charge in [0.05, 0.1) is 11.4 Å². The van der Waals surface area contributed by atoms with Crippen LogP contribution >= 0.6 is 0 Å². The molecule has 0 fully saturated rings.